The molecule has 0 aliphatic heterocycles. The zero-order valence-electron chi connectivity index (χ0n) is 13.9. The number of para-hydroxylation sites is 1. The standard InChI is InChI=1S/C17H16N6O2S/c1-18-16(25)19-15(24)14(12-8-4-2-5-9-12)26-17-20-21-22-23(17)13-10-6-3-7-11-13/h2-11,14H,1H3,(H2,18,19,24,25)/t14-/m1/s1. The fourth-order valence-corrected chi connectivity index (χ4v) is 3.23. The number of amides is 3. The first-order valence-electron chi connectivity index (χ1n) is 7.77. The summed E-state index contributed by atoms with van der Waals surface area (Å²) in [7, 11) is 1.45. The molecule has 9 heteroatoms. The Morgan fingerprint density at radius 2 is 1.69 bits per heavy atom. The molecule has 1 atom stereocenters. The highest BCUT2D eigenvalue weighted by molar-refractivity contribution is 8.00. The number of thioether (sulfide) groups is 1. The van der Waals surface area contributed by atoms with E-state index in [9.17, 15) is 9.59 Å². The van der Waals surface area contributed by atoms with Crippen molar-refractivity contribution in [3.63, 3.8) is 0 Å². The van der Waals surface area contributed by atoms with Crippen LogP contribution in [0.15, 0.2) is 65.8 Å². The molecule has 0 saturated carbocycles. The van der Waals surface area contributed by atoms with E-state index in [1.54, 1.807) is 4.68 Å². The summed E-state index contributed by atoms with van der Waals surface area (Å²) < 4.78 is 1.55. The number of carbonyl (C=O) groups excluding carboxylic acids is 2. The van der Waals surface area contributed by atoms with Gasteiger partial charge in [-0.3, -0.25) is 10.1 Å². The number of benzene rings is 2. The van der Waals surface area contributed by atoms with Crippen LogP contribution in [0, 0.1) is 0 Å². The average Bonchev–Trinajstić information content (AvgIpc) is 3.15. The van der Waals surface area contributed by atoms with E-state index in [1.165, 1.54) is 18.8 Å². The topological polar surface area (TPSA) is 102 Å². The Labute approximate surface area is 154 Å². The van der Waals surface area contributed by atoms with E-state index in [2.05, 4.69) is 26.2 Å². The van der Waals surface area contributed by atoms with Crippen molar-refractivity contribution in [2.75, 3.05) is 7.05 Å². The van der Waals surface area contributed by atoms with Crippen molar-refractivity contribution >= 4 is 23.7 Å². The van der Waals surface area contributed by atoms with Crippen molar-refractivity contribution in [2.45, 2.75) is 10.4 Å². The minimum Gasteiger partial charge on any atom is -0.341 e. The molecule has 0 aliphatic carbocycles. The van der Waals surface area contributed by atoms with Crippen LogP contribution in [-0.2, 0) is 4.79 Å². The predicted octanol–water partition coefficient (Wildman–Crippen LogP) is 1.95. The minimum atomic E-state index is -0.693. The van der Waals surface area contributed by atoms with Crippen LogP contribution in [0.5, 0.6) is 0 Å². The van der Waals surface area contributed by atoms with Gasteiger partial charge in [-0.25, -0.2) is 4.79 Å². The molecule has 3 rings (SSSR count). The van der Waals surface area contributed by atoms with Gasteiger partial charge in [0.2, 0.25) is 11.1 Å². The Hall–Kier alpha value is -3.20. The lowest BCUT2D eigenvalue weighted by Gasteiger charge is -2.15. The molecule has 1 heterocycles. The largest absolute Gasteiger partial charge is 0.341 e. The molecule has 0 bridgehead atoms. The van der Waals surface area contributed by atoms with Crippen LogP contribution in [-0.4, -0.2) is 39.2 Å². The Morgan fingerprint density at radius 1 is 1.04 bits per heavy atom. The van der Waals surface area contributed by atoms with Crippen molar-refractivity contribution in [1.82, 2.24) is 30.8 Å². The lowest BCUT2D eigenvalue weighted by molar-refractivity contribution is -0.119. The van der Waals surface area contributed by atoms with Gasteiger partial charge in [-0.1, -0.05) is 60.3 Å². The number of aromatic nitrogens is 4. The highest BCUT2D eigenvalue weighted by Crippen LogP contribution is 2.34. The van der Waals surface area contributed by atoms with Gasteiger partial charge in [0.25, 0.3) is 0 Å². The number of carbonyl (C=O) groups is 2. The van der Waals surface area contributed by atoms with E-state index >= 15 is 0 Å². The van der Waals surface area contributed by atoms with Crippen molar-refractivity contribution in [3.05, 3.63) is 66.2 Å². The highest BCUT2D eigenvalue weighted by Gasteiger charge is 2.26. The van der Waals surface area contributed by atoms with Crippen LogP contribution >= 0.6 is 11.8 Å². The first kappa shape index (κ1) is 17.6. The molecular formula is C17H16N6O2S. The van der Waals surface area contributed by atoms with Crippen LogP contribution in [0.2, 0.25) is 0 Å². The number of imide groups is 1. The number of hydrogen-bond donors (Lipinski definition) is 2. The molecule has 2 N–H and O–H groups in total. The van der Waals surface area contributed by atoms with Crippen LogP contribution < -0.4 is 10.6 Å². The number of hydrogen-bond acceptors (Lipinski definition) is 6. The van der Waals surface area contributed by atoms with Crippen molar-refractivity contribution < 1.29 is 9.59 Å². The molecule has 0 radical (unpaired) electrons. The van der Waals surface area contributed by atoms with Crippen molar-refractivity contribution in [3.8, 4) is 5.69 Å². The van der Waals surface area contributed by atoms with E-state index in [4.69, 9.17) is 0 Å². The van der Waals surface area contributed by atoms with Gasteiger partial charge in [-0.05, 0) is 28.1 Å². The summed E-state index contributed by atoms with van der Waals surface area (Å²) in [5, 5.41) is 16.2. The normalized spacial score (nSPS) is 11.6. The zero-order chi connectivity index (χ0) is 18.4. The van der Waals surface area contributed by atoms with Crippen molar-refractivity contribution in [2.24, 2.45) is 0 Å². The number of nitrogens with one attached hydrogen (secondary N) is 2. The Balaban J connectivity index is 1.91. The number of urea groups is 1. The van der Waals surface area contributed by atoms with Gasteiger partial charge in [0.05, 0.1) is 5.69 Å². The highest BCUT2D eigenvalue weighted by atomic mass is 32.2. The Morgan fingerprint density at radius 3 is 2.35 bits per heavy atom. The molecule has 2 aromatic carbocycles. The van der Waals surface area contributed by atoms with Gasteiger partial charge >= 0.3 is 6.03 Å². The molecule has 1 aromatic heterocycles. The maximum absolute atomic E-state index is 12.6. The third-order valence-electron chi connectivity index (χ3n) is 3.47. The molecule has 8 nitrogen and oxygen atoms in total. The molecule has 132 valence electrons. The number of rotatable bonds is 5. The maximum Gasteiger partial charge on any atom is 0.321 e. The first-order valence-corrected chi connectivity index (χ1v) is 8.65. The quantitative estimate of drug-likeness (QED) is 0.668. The van der Waals surface area contributed by atoms with Gasteiger partial charge < -0.3 is 5.32 Å². The second kappa shape index (κ2) is 8.26. The number of nitrogens with zero attached hydrogens (tertiary/aromatic N) is 4. The van der Waals surface area contributed by atoms with Crippen LogP contribution in [0.1, 0.15) is 10.8 Å². The van der Waals surface area contributed by atoms with Gasteiger partial charge in [0, 0.05) is 7.05 Å². The van der Waals surface area contributed by atoms with Gasteiger partial charge in [0.1, 0.15) is 5.25 Å². The summed E-state index contributed by atoms with van der Waals surface area (Å²) in [6.45, 7) is 0. The summed E-state index contributed by atoms with van der Waals surface area (Å²) >= 11 is 1.17. The first-order chi connectivity index (χ1) is 12.7. The summed E-state index contributed by atoms with van der Waals surface area (Å²) in [6, 6.07) is 17.9. The number of tetrazole rings is 1. The summed E-state index contributed by atoms with van der Waals surface area (Å²) in [5.74, 6) is -0.455. The van der Waals surface area contributed by atoms with Gasteiger partial charge in [-0.2, -0.15) is 4.68 Å². The molecule has 26 heavy (non-hydrogen) atoms. The van der Waals surface area contributed by atoms with E-state index in [-0.39, 0.29) is 0 Å². The smallest absolute Gasteiger partial charge is 0.321 e. The fraction of sp³-hybridized carbons (Fsp3) is 0.118. The molecule has 3 amide bonds. The Bertz CT molecular complexity index is 885. The van der Waals surface area contributed by atoms with Crippen LogP contribution in [0.3, 0.4) is 0 Å². The third-order valence-corrected chi connectivity index (χ3v) is 4.66. The van der Waals surface area contributed by atoms with E-state index < -0.39 is 17.2 Å². The maximum atomic E-state index is 12.6. The molecule has 0 aliphatic rings. The monoisotopic (exact) mass is 368 g/mol. The Kier molecular flexibility index (Phi) is 5.59. The summed E-state index contributed by atoms with van der Waals surface area (Å²) in [4.78, 5) is 24.2. The second-order valence-electron chi connectivity index (χ2n) is 5.19. The zero-order valence-corrected chi connectivity index (χ0v) is 14.7. The van der Waals surface area contributed by atoms with E-state index in [1.807, 2.05) is 60.7 Å². The second-order valence-corrected chi connectivity index (χ2v) is 6.26. The van der Waals surface area contributed by atoms with E-state index in [0.717, 1.165) is 11.3 Å². The molecule has 0 saturated heterocycles. The molecule has 0 spiro atoms. The fourth-order valence-electron chi connectivity index (χ4n) is 2.23. The lowest BCUT2D eigenvalue weighted by Crippen LogP contribution is -2.39. The molecule has 0 fully saturated rings. The lowest BCUT2D eigenvalue weighted by atomic mass is 10.1. The van der Waals surface area contributed by atoms with Gasteiger partial charge in [0.15, 0.2) is 0 Å². The summed E-state index contributed by atoms with van der Waals surface area (Å²) in [5.41, 5.74) is 1.51. The average molecular weight is 368 g/mol. The minimum absolute atomic E-state index is 0.442. The summed E-state index contributed by atoms with van der Waals surface area (Å²) in [6.07, 6.45) is 0. The van der Waals surface area contributed by atoms with Crippen LogP contribution in [0.4, 0.5) is 4.79 Å². The molecular weight excluding hydrogens is 352 g/mol. The van der Waals surface area contributed by atoms with Gasteiger partial charge in [-0.15, -0.1) is 5.10 Å². The third kappa shape index (κ3) is 4.06. The van der Waals surface area contributed by atoms with E-state index in [0.29, 0.717) is 5.16 Å². The SMILES string of the molecule is CNC(=O)NC(=O)[C@H](Sc1nnnn1-c1ccccc1)c1ccccc1. The van der Waals surface area contributed by atoms with Crippen molar-refractivity contribution in [1.29, 1.82) is 0 Å². The van der Waals surface area contributed by atoms with Crippen LogP contribution in [0.25, 0.3) is 5.69 Å². The molecule has 3 aromatic rings. The predicted molar refractivity (Wildman–Crippen MR) is 96.8 cm³/mol. The molecule has 0 unspecified atom stereocenters.